The van der Waals surface area contributed by atoms with E-state index in [2.05, 4.69) is 11.9 Å². The smallest absolute Gasteiger partial charge is 0.306 e. The van der Waals surface area contributed by atoms with Gasteiger partial charge in [0, 0.05) is 12.6 Å². The van der Waals surface area contributed by atoms with Gasteiger partial charge >= 0.3 is 6.18 Å². The van der Waals surface area contributed by atoms with E-state index < -0.39 is 11.7 Å². The molecule has 1 rings (SSSR count). The monoisotopic (exact) mass is 243 g/mol. The third-order valence-corrected chi connectivity index (χ3v) is 2.42. The van der Waals surface area contributed by atoms with Crippen molar-refractivity contribution < 1.29 is 13.2 Å². The Morgan fingerprint density at radius 3 is 2.59 bits per heavy atom. The van der Waals surface area contributed by atoms with E-state index >= 15 is 0 Å². The summed E-state index contributed by atoms with van der Waals surface area (Å²) in [4.78, 5) is 0. The van der Waals surface area contributed by atoms with Gasteiger partial charge < -0.3 is 5.32 Å². The molecule has 0 spiro atoms. The van der Waals surface area contributed by atoms with Gasteiger partial charge in [0.25, 0.3) is 0 Å². The van der Waals surface area contributed by atoms with E-state index in [0.717, 1.165) is 11.6 Å². The fraction of sp³-hybridized carbons (Fsp3) is 0.385. The van der Waals surface area contributed by atoms with Crippen LogP contribution in [-0.4, -0.2) is 6.54 Å². The van der Waals surface area contributed by atoms with E-state index in [1.54, 1.807) is 6.07 Å². The molecule has 0 aliphatic carbocycles. The highest BCUT2D eigenvalue weighted by atomic mass is 19.4. The second-order valence-corrected chi connectivity index (χ2v) is 4.18. The quantitative estimate of drug-likeness (QED) is 0.790. The van der Waals surface area contributed by atoms with Crippen LogP contribution in [0.4, 0.5) is 13.2 Å². The molecule has 0 saturated carbocycles. The minimum absolute atomic E-state index is 0.131. The summed E-state index contributed by atoms with van der Waals surface area (Å²) in [6.45, 7) is 8.03. The molecule has 0 saturated heterocycles. The molecule has 0 fully saturated rings. The van der Waals surface area contributed by atoms with Crippen molar-refractivity contribution in [1.29, 1.82) is 0 Å². The van der Waals surface area contributed by atoms with Gasteiger partial charge in [0.1, 0.15) is 0 Å². The van der Waals surface area contributed by atoms with Crippen LogP contribution in [0.2, 0.25) is 0 Å². The molecule has 0 aliphatic heterocycles. The Morgan fingerprint density at radius 2 is 2.06 bits per heavy atom. The normalized spacial score (nSPS) is 13.5. The standard InChI is InChI=1S/C13H16F3N/c1-9(2)8-17-10(3)11-5-4-6-12(7-11)13(14,15)16/h4-7,10,17H,1,8H2,2-3H3. The molecule has 0 radical (unpaired) electrons. The van der Waals surface area contributed by atoms with Crippen LogP contribution in [0.15, 0.2) is 36.4 Å². The first-order chi connectivity index (χ1) is 7.80. The minimum Gasteiger partial charge on any atom is -0.306 e. The van der Waals surface area contributed by atoms with Crippen LogP contribution < -0.4 is 5.32 Å². The summed E-state index contributed by atoms with van der Waals surface area (Å²) in [5.74, 6) is 0. The lowest BCUT2D eigenvalue weighted by molar-refractivity contribution is -0.137. The van der Waals surface area contributed by atoms with Gasteiger partial charge in [-0.15, -0.1) is 0 Å². The molecule has 4 heteroatoms. The molecule has 0 amide bonds. The zero-order valence-corrected chi connectivity index (χ0v) is 9.93. The van der Waals surface area contributed by atoms with Crippen molar-refractivity contribution in [2.24, 2.45) is 0 Å². The van der Waals surface area contributed by atoms with E-state index in [1.807, 2.05) is 13.8 Å². The number of alkyl halides is 3. The number of nitrogens with one attached hydrogen (secondary N) is 1. The Balaban J connectivity index is 2.81. The van der Waals surface area contributed by atoms with Crippen LogP contribution in [0.5, 0.6) is 0 Å². The number of hydrogen-bond acceptors (Lipinski definition) is 1. The Hall–Kier alpha value is -1.29. The molecule has 94 valence electrons. The van der Waals surface area contributed by atoms with Gasteiger partial charge in [0.2, 0.25) is 0 Å². The van der Waals surface area contributed by atoms with Gasteiger partial charge in [-0.3, -0.25) is 0 Å². The molecular weight excluding hydrogens is 227 g/mol. The molecule has 1 N–H and O–H groups in total. The van der Waals surface area contributed by atoms with Crippen molar-refractivity contribution in [1.82, 2.24) is 5.32 Å². The number of rotatable bonds is 4. The summed E-state index contributed by atoms with van der Waals surface area (Å²) in [5, 5.41) is 3.11. The molecule has 1 atom stereocenters. The van der Waals surface area contributed by atoms with Crippen LogP contribution in [0.1, 0.15) is 31.0 Å². The summed E-state index contributed by atoms with van der Waals surface area (Å²) in [6, 6.07) is 5.24. The second-order valence-electron chi connectivity index (χ2n) is 4.18. The Morgan fingerprint density at radius 1 is 1.41 bits per heavy atom. The van der Waals surface area contributed by atoms with Crippen molar-refractivity contribution in [3.05, 3.63) is 47.5 Å². The molecule has 0 bridgehead atoms. The first-order valence-corrected chi connectivity index (χ1v) is 5.35. The number of benzene rings is 1. The van der Waals surface area contributed by atoms with Crippen molar-refractivity contribution >= 4 is 0 Å². The SMILES string of the molecule is C=C(C)CNC(C)c1cccc(C(F)(F)F)c1. The lowest BCUT2D eigenvalue weighted by atomic mass is 10.0. The third-order valence-electron chi connectivity index (χ3n) is 2.42. The van der Waals surface area contributed by atoms with Crippen molar-refractivity contribution in [3.63, 3.8) is 0 Å². The predicted molar refractivity (Wildman–Crippen MR) is 62.7 cm³/mol. The summed E-state index contributed by atoms with van der Waals surface area (Å²) in [7, 11) is 0. The van der Waals surface area contributed by atoms with Gasteiger partial charge in [-0.25, -0.2) is 0 Å². The topological polar surface area (TPSA) is 12.0 Å². The molecule has 1 aromatic rings. The zero-order chi connectivity index (χ0) is 13.1. The van der Waals surface area contributed by atoms with E-state index in [4.69, 9.17) is 0 Å². The largest absolute Gasteiger partial charge is 0.416 e. The fourth-order valence-electron chi connectivity index (χ4n) is 1.43. The zero-order valence-electron chi connectivity index (χ0n) is 9.93. The average molecular weight is 243 g/mol. The summed E-state index contributed by atoms with van der Waals surface area (Å²) >= 11 is 0. The molecular formula is C13H16F3N. The van der Waals surface area contributed by atoms with E-state index in [0.29, 0.717) is 12.1 Å². The molecule has 0 aromatic heterocycles. The predicted octanol–water partition coefficient (Wildman–Crippen LogP) is 3.93. The van der Waals surface area contributed by atoms with Crippen LogP contribution in [0, 0.1) is 0 Å². The maximum Gasteiger partial charge on any atom is 0.416 e. The first kappa shape index (κ1) is 13.8. The molecule has 0 heterocycles. The van der Waals surface area contributed by atoms with Gasteiger partial charge in [-0.2, -0.15) is 13.2 Å². The van der Waals surface area contributed by atoms with Gasteiger partial charge in [-0.1, -0.05) is 24.3 Å². The highest BCUT2D eigenvalue weighted by molar-refractivity contribution is 5.27. The Kier molecular flexibility index (Phi) is 4.34. The average Bonchev–Trinajstić information content (AvgIpc) is 2.25. The number of halogens is 3. The first-order valence-electron chi connectivity index (χ1n) is 5.35. The third kappa shape index (κ3) is 4.23. The van der Waals surface area contributed by atoms with Crippen molar-refractivity contribution in [3.8, 4) is 0 Å². The molecule has 0 aliphatic rings. The van der Waals surface area contributed by atoms with Crippen LogP contribution in [0.3, 0.4) is 0 Å². The molecule has 17 heavy (non-hydrogen) atoms. The van der Waals surface area contributed by atoms with E-state index in [9.17, 15) is 13.2 Å². The van der Waals surface area contributed by atoms with E-state index in [-0.39, 0.29) is 6.04 Å². The highest BCUT2D eigenvalue weighted by Gasteiger charge is 2.30. The van der Waals surface area contributed by atoms with Crippen LogP contribution >= 0.6 is 0 Å². The van der Waals surface area contributed by atoms with E-state index in [1.165, 1.54) is 12.1 Å². The molecule has 1 aromatic carbocycles. The van der Waals surface area contributed by atoms with Crippen LogP contribution in [0.25, 0.3) is 0 Å². The summed E-state index contributed by atoms with van der Waals surface area (Å²) in [5.41, 5.74) is 0.962. The highest BCUT2D eigenvalue weighted by Crippen LogP contribution is 2.30. The molecule has 1 unspecified atom stereocenters. The minimum atomic E-state index is -4.29. The Labute approximate surface area is 99.3 Å². The second kappa shape index (κ2) is 5.36. The number of hydrogen-bond donors (Lipinski definition) is 1. The lowest BCUT2D eigenvalue weighted by Crippen LogP contribution is -2.20. The maximum absolute atomic E-state index is 12.5. The van der Waals surface area contributed by atoms with Crippen molar-refractivity contribution in [2.45, 2.75) is 26.1 Å². The van der Waals surface area contributed by atoms with Gasteiger partial charge in [0.05, 0.1) is 5.56 Å². The summed E-state index contributed by atoms with van der Waals surface area (Å²) < 4.78 is 37.5. The van der Waals surface area contributed by atoms with Gasteiger partial charge in [-0.05, 0) is 31.5 Å². The summed E-state index contributed by atoms with van der Waals surface area (Å²) in [6.07, 6.45) is -4.29. The fourth-order valence-corrected chi connectivity index (χ4v) is 1.43. The van der Waals surface area contributed by atoms with Crippen molar-refractivity contribution in [2.75, 3.05) is 6.54 Å². The Bertz CT molecular complexity index is 396. The van der Waals surface area contributed by atoms with Crippen LogP contribution in [-0.2, 0) is 6.18 Å². The maximum atomic E-state index is 12.5. The van der Waals surface area contributed by atoms with Gasteiger partial charge in [0.15, 0.2) is 0 Å². The molecule has 1 nitrogen and oxygen atoms in total. The lowest BCUT2D eigenvalue weighted by Gasteiger charge is -2.16.